The van der Waals surface area contributed by atoms with Gasteiger partial charge in [0.1, 0.15) is 11.6 Å². The highest BCUT2D eigenvalue weighted by molar-refractivity contribution is 6.03. The number of Topliss-reactive ketones (excluding diaryl/α,β-unsaturated/α-hetero) is 1. The van der Waals surface area contributed by atoms with Crippen molar-refractivity contribution in [1.82, 2.24) is 16.0 Å². The number of hydrogen-bond donors (Lipinski definition) is 4. The summed E-state index contributed by atoms with van der Waals surface area (Å²) in [5.74, 6) is -1.23. The lowest BCUT2D eigenvalue weighted by Crippen LogP contribution is -2.68. The summed E-state index contributed by atoms with van der Waals surface area (Å²) >= 11 is 0. The Balaban J connectivity index is 1.13. The van der Waals surface area contributed by atoms with Gasteiger partial charge in [0, 0.05) is 11.8 Å². The molecule has 1 aliphatic heterocycles. The van der Waals surface area contributed by atoms with E-state index >= 15 is 0 Å². The second-order valence-electron chi connectivity index (χ2n) is 22.3. The average molecular weight is 778 g/mol. The number of carbonyl (C=O) groups is 5. The largest absolute Gasteiger partial charge is 0.481 e. The van der Waals surface area contributed by atoms with Crippen LogP contribution in [0.25, 0.3) is 0 Å². The SMILES string of the molecule is CC(C)C1=C2[C@H]3CC[C@@H]4[C@@]5(C)CC[C@H](OC(=O)[C@H]6C[C@@H](C(=O)O)C6(C)C)C(C)(C)[C@@H]5CC[C@@]4(C)[C@]3(C)CC[C@@]2(NC(=O)C(C)(C)NC(=O)[C@@H]2CCCN2)CC1=O. The first-order chi connectivity index (χ1) is 25.9. The topological polar surface area (TPSA) is 151 Å². The van der Waals surface area contributed by atoms with E-state index in [0.717, 1.165) is 69.9 Å². The third-order valence-corrected chi connectivity index (χ3v) is 18.2. The Morgan fingerprint density at radius 3 is 2.14 bits per heavy atom. The summed E-state index contributed by atoms with van der Waals surface area (Å²) < 4.78 is 6.41. The number of carbonyl (C=O) groups excluding carboxylic acids is 4. The van der Waals surface area contributed by atoms with Crippen molar-refractivity contribution in [2.24, 2.45) is 62.6 Å². The maximum absolute atomic E-state index is 14.3. The number of amides is 2. The highest BCUT2D eigenvalue weighted by Crippen LogP contribution is 2.76. The Labute approximate surface area is 335 Å². The van der Waals surface area contributed by atoms with Crippen LogP contribution in [0.1, 0.15) is 153 Å². The second kappa shape index (κ2) is 13.4. The molecule has 10 nitrogen and oxygen atoms in total. The summed E-state index contributed by atoms with van der Waals surface area (Å²) in [5.41, 5.74) is -0.714. The normalized spacial score (nSPS) is 42.4. The minimum atomic E-state index is -1.14. The Morgan fingerprint density at radius 1 is 0.839 bits per heavy atom. The molecular formula is C46H71N3O7. The first-order valence-electron chi connectivity index (χ1n) is 22.0. The molecule has 0 aromatic heterocycles. The number of ether oxygens (including phenoxy) is 1. The standard InChI is InChI=1S/C46H71N3O7/c1-25(2)34-30(50)24-46(49-39(55)42(7,8)48-36(51)29-13-12-22-47-29)21-20-44(10)26(35(34)46)14-15-32-43(9)18-17-33(41(5,6)31(43)16-19-45(32,44)11)56-38(54)28-23-27(37(52)53)40(28,3)4/h25-29,31-33,47H,12-24H2,1-11H3,(H,48,51)(H,49,55)(H,52,53)/t26-,27+,28-,29+,31+,32-,33+,43+,44-,45-,46-/m1/s1. The zero-order valence-corrected chi connectivity index (χ0v) is 36.2. The Bertz CT molecular complexity index is 1720. The predicted molar refractivity (Wildman–Crippen MR) is 214 cm³/mol. The molecule has 0 radical (unpaired) electrons. The van der Waals surface area contributed by atoms with Gasteiger partial charge in [0.2, 0.25) is 11.8 Å². The van der Waals surface area contributed by atoms with E-state index in [1.165, 1.54) is 5.57 Å². The van der Waals surface area contributed by atoms with Crippen molar-refractivity contribution in [3.05, 3.63) is 11.1 Å². The Hall–Kier alpha value is -2.75. The first-order valence-corrected chi connectivity index (χ1v) is 22.0. The van der Waals surface area contributed by atoms with Crippen LogP contribution in [0, 0.1) is 62.6 Å². The van der Waals surface area contributed by atoms with Crippen LogP contribution in [-0.4, -0.2) is 64.4 Å². The minimum absolute atomic E-state index is 0.000974. The molecule has 7 rings (SSSR count). The van der Waals surface area contributed by atoms with Crippen molar-refractivity contribution in [1.29, 1.82) is 0 Å². The van der Waals surface area contributed by atoms with E-state index in [9.17, 15) is 29.1 Å². The highest BCUT2D eigenvalue weighted by Gasteiger charge is 2.71. The molecule has 56 heavy (non-hydrogen) atoms. The van der Waals surface area contributed by atoms with Gasteiger partial charge in [0.05, 0.1) is 23.4 Å². The van der Waals surface area contributed by atoms with Crippen LogP contribution in [0.5, 0.6) is 0 Å². The number of hydrogen-bond acceptors (Lipinski definition) is 7. The van der Waals surface area contributed by atoms with Gasteiger partial charge in [-0.15, -0.1) is 0 Å². The Morgan fingerprint density at radius 2 is 1.54 bits per heavy atom. The van der Waals surface area contributed by atoms with E-state index in [4.69, 9.17) is 4.74 Å². The van der Waals surface area contributed by atoms with Crippen molar-refractivity contribution in [3.63, 3.8) is 0 Å². The third kappa shape index (κ3) is 5.89. The van der Waals surface area contributed by atoms with Gasteiger partial charge in [-0.2, -0.15) is 0 Å². The van der Waals surface area contributed by atoms with Crippen molar-refractivity contribution < 1.29 is 33.8 Å². The summed E-state index contributed by atoms with van der Waals surface area (Å²) in [6.45, 7) is 24.5. The summed E-state index contributed by atoms with van der Waals surface area (Å²) in [7, 11) is 0. The molecule has 0 aromatic carbocycles. The van der Waals surface area contributed by atoms with Gasteiger partial charge >= 0.3 is 11.9 Å². The van der Waals surface area contributed by atoms with Crippen LogP contribution in [-0.2, 0) is 28.7 Å². The van der Waals surface area contributed by atoms with Crippen LogP contribution in [0.15, 0.2) is 11.1 Å². The maximum Gasteiger partial charge on any atom is 0.309 e. The van der Waals surface area contributed by atoms with Gasteiger partial charge in [-0.1, -0.05) is 62.3 Å². The quantitative estimate of drug-likeness (QED) is 0.190. The van der Waals surface area contributed by atoms with Gasteiger partial charge in [-0.3, -0.25) is 24.0 Å². The fraction of sp³-hybridized carbons (Fsp3) is 0.848. The maximum atomic E-state index is 14.3. The molecule has 11 atom stereocenters. The molecule has 6 aliphatic carbocycles. The van der Waals surface area contributed by atoms with E-state index in [1.807, 2.05) is 13.8 Å². The number of ketones is 1. The number of fused-ring (bicyclic) bond motifs is 7. The molecule has 1 heterocycles. The highest BCUT2D eigenvalue weighted by atomic mass is 16.5. The molecule has 0 unspecified atom stereocenters. The monoisotopic (exact) mass is 778 g/mol. The van der Waals surface area contributed by atoms with Gasteiger partial charge < -0.3 is 25.8 Å². The lowest BCUT2D eigenvalue weighted by Gasteiger charge is -2.72. The molecule has 6 fully saturated rings. The number of aliphatic carboxylic acids is 1. The van der Waals surface area contributed by atoms with Crippen molar-refractivity contribution in [3.8, 4) is 0 Å². The van der Waals surface area contributed by atoms with Gasteiger partial charge in [0.15, 0.2) is 5.78 Å². The number of carboxylic acids is 1. The lowest BCUT2D eigenvalue weighted by molar-refractivity contribution is -0.235. The van der Waals surface area contributed by atoms with E-state index in [0.29, 0.717) is 24.7 Å². The average Bonchev–Trinajstić information content (AvgIpc) is 3.72. The predicted octanol–water partition coefficient (Wildman–Crippen LogP) is 7.14. The molecule has 0 spiro atoms. The molecule has 7 aliphatic rings. The second-order valence-corrected chi connectivity index (χ2v) is 22.3. The number of rotatable bonds is 8. The summed E-state index contributed by atoms with van der Waals surface area (Å²) in [6.07, 6.45) is 9.57. The van der Waals surface area contributed by atoms with E-state index in [2.05, 4.69) is 64.4 Å². The minimum Gasteiger partial charge on any atom is -0.481 e. The zero-order valence-electron chi connectivity index (χ0n) is 36.2. The van der Waals surface area contributed by atoms with Crippen molar-refractivity contribution >= 4 is 29.5 Å². The van der Waals surface area contributed by atoms with Gasteiger partial charge in [-0.25, -0.2) is 0 Å². The fourth-order valence-corrected chi connectivity index (χ4v) is 14.6. The number of carboxylic acid groups (broad SMARTS) is 1. The fourth-order valence-electron chi connectivity index (χ4n) is 14.6. The van der Waals surface area contributed by atoms with E-state index in [1.54, 1.807) is 13.8 Å². The zero-order chi connectivity index (χ0) is 41.2. The van der Waals surface area contributed by atoms with E-state index < -0.39 is 34.3 Å². The van der Waals surface area contributed by atoms with Crippen LogP contribution in [0.4, 0.5) is 0 Å². The van der Waals surface area contributed by atoms with Gasteiger partial charge in [-0.05, 0) is 147 Å². The molecule has 4 N–H and O–H groups in total. The summed E-state index contributed by atoms with van der Waals surface area (Å²) in [5, 5.41) is 19.4. The summed E-state index contributed by atoms with van der Waals surface area (Å²) in [4.78, 5) is 67.0. The van der Waals surface area contributed by atoms with E-state index in [-0.39, 0.29) is 75.6 Å². The van der Waals surface area contributed by atoms with Crippen LogP contribution >= 0.6 is 0 Å². The van der Waals surface area contributed by atoms with Crippen molar-refractivity contribution in [2.45, 2.75) is 176 Å². The molecule has 5 saturated carbocycles. The van der Waals surface area contributed by atoms with Crippen molar-refractivity contribution in [2.75, 3.05) is 6.54 Å². The lowest BCUT2D eigenvalue weighted by atomic mass is 9.33. The molecule has 0 bridgehead atoms. The number of esters is 1. The van der Waals surface area contributed by atoms with Crippen LogP contribution in [0.3, 0.4) is 0 Å². The van der Waals surface area contributed by atoms with Crippen LogP contribution < -0.4 is 16.0 Å². The molecule has 0 aromatic rings. The number of nitrogens with one attached hydrogen (secondary N) is 3. The van der Waals surface area contributed by atoms with Gasteiger partial charge in [0.25, 0.3) is 0 Å². The van der Waals surface area contributed by atoms with Crippen LogP contribution in [0.2, 0.25) is 0 Å². The third-order valence-electron chi connectivity index (χ3n) is 18.2. The smallest absolute Gasteiger partial charge is 0.309 e. The first kappa shape index (κ1) is 41.4. The Kier molecular flexibility index (Phi) is 9.90. The number of allylic oxidation sites excluding steroid dienone is 1. The molecule has 312 valence electrons. The molecule has 10 heteroatoms. The molecular weight excluding hydrogens is 707 g/mol. The molecule has 1 saturated heterocycles. The summed E-state index contributed by atoms with van der Waals surface area (Å²) in [6, 6.07) is -0.288. The molecule has 2 amide bonds.